The van der Waals surface area contributed by atoms with Gasteiger partial charge in [-0.2, -0.15) is 0 Å². The first-order valence-corrected chi connectivity index (χ1v) is 6.29. The zero-order valence-electron chi connectivity index (χ0n) is 11.2. The average molecular weight is 234 g/mol. The fourth-order valence-electron chi connectivity index (χ4n) is 2.35. The van der Waals surface area contributed by atoms with Crippen molar-refractivity contribution < 1.29 is 9.59 Å². The molecule has 2 atom stereocenters. The Morgan fingerprint density at radius 1 is 1.53 bits per heavy atom. The standard InChI is InChI=1S/C15H22O2/c1-10(2)7-13(16)9-12(4)14-6-5-11(3)8-15(14)17/h7-8,12,14H,5-6,9H2,1-4H3. The lowest BCUT2D eigenvalue weighted by Gasteiger charge is -2.24. The number of carbonyl (C=O) groups is 2. The van der Waals surface area contributed by atoms with Crippen LogP contribution in [0.4, 0.5) is 0 Å². The lowest BCUT2D eigenvalue weighted by atomic mass is 9.79. The quantitative estimate of drug-likeness (QED) is 0.698. The second kappa shape index (κ2) is 5.95. The number of rotatable bonds is 4. The maximum absolute atomic E-state index is 11.8. The molecule has 0 aromatic heterocycles. The van der Waals surface area contributed by atoms with Crippen molar-refractivity contribution in [2.24, 2.45) is 11.8 Å². The normalized spacial score (nSPS) is 21.8. The summed E-state index contributed by atoms with van der Waals surface area (Å²) in [7, 11) is 0. The fraction of sp³-hybridized carbons (Fsp3) is 0.600. The summed E-state index contributed by atoms with van der Waals surface area (Å²) in [4.78, 5) is 23.5. The third-order valence-corrected chi connectivity index (χ3v) is 3.26. The minimum absolute atomic E-state index is 0.0354. The molecule has 0 saturated carbocycles. The largest absolute Gasteiger partial charge is 0.295 e. The predicted molar refractivity (Wildman–Crippen MR) is 69.7 cm³/mol. The molecule has 0 spiro atoms. The Labute approximate surface area is 104 Å². The van der Waals surface area contributed by atoms with Crippen LogP contribution in [-0.2, 0) is 9.59 Å². The molecule has 2 heteroatoms. The van der Waals surface area contributed by atoms with Crippen molar-refractivity contribution in [2.45, 2.75) is 47.0 Å². The SMILES string of the molecule is CC(C)=CC(=O)CC(C)C1CCC(C)=CC1=O. The number of allylic oxidation sites excluding steroid dienone is 4. The molecule has 2 unspecified atom stereocenters. The van der Waals surface area contributed by atoms with Crippen molar-refractivity contribution in [3.05, 3.63) is 23.3 Å². The molecule has 0 fully saturated rings. The van der Waals surface area contributed by atoms with Crippen LogP contribution < -0.4 is 0 Å². The van der Waals surface area contributed by atoms with E-state index in [0.29, 0.717) is 6.42 Å². The smallest absolute Gasteiger partial charge is 0.158 e. The van der Waals surface area contributed by atoms with Crippen LogP contribution in [0.25, 0.3) is 0 Å². The van der Waals surface area contributed by atoms with Crippen LogP contribution in [0.5, 0.6) is 0 Å². The summed E-state index contributed by atoms with van der Waals surface area (Å²) in [5.41, 5.74) is 2.18. The number of carbonyl (C=O) groups excluding carboxylic acids is 2. The van der Waals surface area contributed by atoms with E-state index in [-0.39, 0.29) is 23.4 Å². The van der Waals surface area contributed by atoms with Crippen molar-refractivity contribution >= 4 is 11.6 Å². The summed E-state index contributed by atoms with van der Waals surface area (Å²) in [5, 5.41) is 0. The van der Waals surface area contributed by atoms with Gasteiger partial charge in [0.15, 0.2) is 11.6 Å². The van der Waals surface area contributed by atoms with Gasteiger partial charge in [0, 0.05) is 12.3 Å². The highest BCUT2D eigenvalue weighted by atomic mass is 16.1. The van der Waals surface area contributed by atoms with Crippen LogP contribution in [0.3, 0.4) is 0 Å². The van der Waals surface area contributed by atoms with E-state index in [1.165, 1.54) is 0 Å². The Bertz CT molecular complexity index is 370. The maximum Gasteiger partial charge on any atom is 0.158 e. The summed E-state index contributed by atoms with van der Waals surface area (Å²) in [6.45, 7) is 7.84. The molecule has 94 valence electrons. The third-order valence-electron chi connectivity index (χ3n) is 3.26. The van der Waals surface area contributed by atoms with Gasteiger partial charge in [0.1, 0.15) is 0 Å². The highest BCUT2D eigenvalue weighted by Gasteiger charge is 2.27. The maximum atomic E-state index is 11.8. The molecular formula is C15H22O2. The molecule has 1 rings (SSSR count). The van der Waals surface area contributed by atoms with E-state index in [1.54, 1.807) is 12.2 Å². The second-order valence-electron chi connectivity index (χ2n) is 5.41. The van der Waals surface area contributed by atoms with E-state index in [2.05, 4.69) is 0 Å². The molecule has 0 heterocycles. The Hall–Kier alpha value is -1.18. The Balaban J connectivity index is 2.60. The van der Waals surface area contributed by atoms with E-state index >= 15 is 0 Å². The minimum Gasteiger partial charge on any atom is -0.295 e. The molecule has 1 aliphatic rings. The fourth-order valence-corrected chi connectivity index (χ4v) is 2.35. The second-order valence-corrected chi connectivity index (χ2v) is 5.41. The van der Waals surface area contributed by atoms with Crippen molar-refractivity contribution in [1.82, 2.24) is 0 Å². The van der Waals surface area contributed by atoms with Gasteiger partial charge < -0.3 is 0 Å². The summed E-state index contributed by atoms with van der Waals surface area (Å²) >= 11 is 0. The van der Waals surface area contributed by atoms with Gasteiger partial charge in [-0.3, -0.25) is 9.59 Å². The summed E-state index contributed by atoms with van der Waals surface area (Å²) in [6, 6.07) is 0. The van der Waals surface area contributed by atoms with Crippen LogP contribution in [-0.4, -0.2) is 11.6 Å². The van der Waals surface area contributed by atoms with Crippen molar-refractivity contribution in [3.63, 3.8) is 0 Å². The van der Waals surface area contributed by atoms with Crippen LogP contribution in [0, 0.1) is 11.8 Å². The molecule has 0 saturated heterocycles. The van der Waals surface area contributed by atoms with Gasteiger partial charge in [-0.1, -0.05) is 18.1 Å². The van der Waals surface area contributed by atoms with Gasteiger partial charge in [0.05, 0.1) is 0 Å². The molecule has 0 amide bonds. The summed E-state index contributed by atoms with van der Waals surface area (Å²) in [6.07, 6.45) is 5.78. The van der Waals surface area contributed by atoms with E-state index in [4.69, 9.17) is 0 Å². The Kier molecular flexibility index (Phi) is 4.86. The van der Waals surface area contributed by atoms with Gasteiger partial charge in [0.2, 0.25) is 0 Å². The first-order valence-electron chi connectivity index (χ1n) is 6.29. The average Bonchev–Trinajstić information content (AvgIpc) is 2.15. The Morgan fingerprint density at radius 3 is 2.71 bits per heavy atom. The van der Waals surface area contributed by atoms with E-state index in [0.717, 1.165) is 24.0 Å². The van der Waals surface area contributed by atoms with Crippen molar-refractivity contribution in [2.75, 3.05) is 0 Å². The van der Waals surface area contributed by atoms with Gasteiger partial charge in [0.25, 0.3) is 0 Å². The topological polar surface area (TPSA) is 34.1 Å². The van der Waals surface area contributed by atoms with Gasteiger partial charge >= 0.3 is 0 Å². The van der Waals surface area contributed by atoms with Crippen molar-refractivity contribution in [3.8, 4) is 0 Å². The highest BCUT2D eigenvalue weighted by Crippen LogP contribution is 2.28. The summed E-state index contributed by atoms with van der Waals surface area (Å²) < 4.78 is 0. The molecular weight excluding hydrogens is 212 g/mol. The van der Waals surface area contributed by atoms with E-state index in [1.807, 2.05) is 27.7 Å². The monoisotopic (exact) mass is 234 g/mol. The van der Waals surface area contributed by atoms with E-state index in [9.17, 15) is 9.59 Å². The summed E-state index contributed by atoms with van der Waals surface area (Å²) in [5.74, 6) is 0.519. The molecule has 2 nitrogen and oxygen atoms in total. The van der Waals surface area contributed by atoms with Crippen LogP contribution in [0.1, 0.15) is 47.0 Å². The predicted octanol–water partition coefficient (Wildman–Crippen LogP) is 3.47. The van der Waals surface area contributed by atoms with E-state index < -0.39 is 0 Å². The minimum atomic E-state index is 0.0354. The third kappa shape index (κ3) is 4.29. The molecule has 0 N–H and O–H groups in total. The lowest BCUT2D eigenvalue weighted by Crippen LogP contribution is -2.25. The lowest BCUT2D eigenvalue weighted by molar-refractivity contribution is -0.121. The molecule has 0 aromatic carbocycles. The molecule has 17 heavy (non-hydrogen) atoms. The van der Waals surface area contributed by atoms with Gasteiger partial charge in [-0.15, -0.1) is 0 Å². The molecule has 0 bridgehead atoms. The van der Waals surface area contributed by atoms with Crippen molar-refractivity contribution in [1.29, 1.82) is 0 Å². The van der Waals surface area contributed by atoms with Crippen LogP contribution >= 0.6 is 0 Å². The van der Waals surface area contributed by atoms with Gasteiger partial charge in [-0.25, -0.2) is 0 Å². The highest BCUT2D eigenvalue weighted by molar-refractivity contribution is 5.95. The first-order chi connectivity index (χ1) is 7.90. The molecule has 1 aliphatic carbocycles. The first kappa shape index (κ1) is 13.9. The molecule has 0 aliphatic heterocycles. The van der Waals surface area contributed by atoms with Gasteiger partial charge in [-0.05, 0) is 51.7 Å². The van der Waals surface area contributed by atoms with Crippen LogP contribution in [0.2, 0.25) is 0 Å². The number of hydrogen-bond acceptors (Lipinski definition) is 2. The molecule has 0 radical (unpaired) electrons. The molecule has 0 aromatic rings. The Morgan fingerprint density at radius 2 is 2.18 bits per heavy atom. The van der Waals surface area contributed by atoms with Crippen LogP contribution in [0.15, 0.2) is 23.3 Å². The number of ketones is 2. The number of hydrogen-bond donors (Lipinski definition) is 0. The zero-order chi connectivity index (χ0) is 13.0. The zero-order valence-corrected chi connectivity index (χ0v) is 11.2.